The van der Waals surface area contributed by atoms with E-state index in [-0.39, 0.29) is 47.2 Å². The van der Waals surface area contributed by atoms with Crippen molar-refractivity contribution in [3.8, 4) is 0 Å². The summed E-state index contributed by atoms with van der Waals surface area (Å²) in [6, 6.07) is 0. The molecule has 6 heteroatoms. The largest absolute Gasteiger partial charge is 0.396 e. The Kier molecular flexibility index (Phi) is 5.27. The molecule has 0 spiro atoms. The quantitative estimate of drug-likeness (QED) is 0.613. The van der Waals surface area contributed by atoms with Crippen molar-refractivity contribution in [1.82, 2.24) is 5.32 Å². The third-order valence-corrected chi connectivity index (χ3v) is 10.1. The molecular weight excluding hydrogens is 380 g/mol. The molecule has 5 aliphatic rings. The van der Waals surface area contributed by atoms with Crippen LogP contribution in [0.3, 0.4) is 0 Å². The fraction of sp³-hybridized carbons (Fsp3) is 0.917. The van der Waals surface area contributed by atoms with Crippen molar-refractivity contribution in [2.75, 3.05) is 19.7 Å². The van der Waals surface area contributed by atoms with Crippen molar-refractivity contribution >= 4 is 11.5 Å². The Morgan fingerprint density at radius 3 is 2.70 bits per heavy atom. The lowest BCUT2D eigenvalue weighted by Gasteiger charge is -2.63. The molecule has 9 atom stereocenters. The van der Waals surface area contributed by atoms with Crippen LogP contribution in [0.1, 0.15) is 65.2 Å². The fourth-order valence-electron chi connectivity index (χ4n) is 8.21. The van der Waals surface area contributed by atoms with Gasteiger partial charge in [0.1, 0.15) is 11.9 Å². The number of nitrogens with zero attached hydrogens (tertiary/aromatic N) is 1. The number of aliphatic hydroxyl groups excluding tert-OH is 2. The molecule has 0 radical (unpaired) electrons. The van der Waals surface area contributed by atoms with Gasteiger partial charge in [-0.15, -0.1) is 0 Å². The first-order valence-electron chi connectivity index (χ1n) is 12.1. The zero-order valence-electron chi connectivity index (χ0n) is 18.5. The van der Waals surface area contributed by atoms with Gasteiger partial charge in [-0.05, 0) is 74.2 Å². The van der Waals surface area contributed by atoms with E-state index in [1.54, 1.807) is 0 Å². The zero-order valence-corrected chi connectivity index (χ0v) is 18.5. The predicted octanol–water partition coefficient (Wildman–Crippen LogP) is 2.52. The van der Waals surface area contributed by atoms with Crippen LogP contribution in [-0.4, -0.2) is 53.6 Å². The fourth-order valence-corrected chi connectivity index (χ4v) is 8.21. The maximum atomic E-state index is 12.7. The molecule has 2 unspecified atom stereocenters. The second kappa shape index (κ2) is 7.56. The highest BCUT2D eigenvalue weighted by molar-refractivity contribution is 5.87. The SMILES string of the molecule is C[C@]12CCC(=NOC3CCNC3)CC1[C@@H](CO)[C@@H](O)[C@@H]1[C@@H]2CC[C@]2(C)C(=O)CC[C@@H]12. The molecule has 0 aromatic rings. The van der Waals surface area contributed by atoms with Gasteiger partial charge in [-0.25, -0.2) is 0 Å². The number of ketones is 1. The molecule has 3 N–H and O–H groups in total. The Labute approximate surface area is 179 Å². The Balaban J connectivity index is 1.41. The van der Waals surface area contributed by atoms with E-state index in [9.17, 15) is 15.0 Å². The van der Waals surface area contributed by atoms with Crippen molar-refractivity contribution in [3.05, 3.63) is 0 Å². The van der Waals surface area contributed by atoms with Crippen LogP contribution in [0, 0.1) is 40.4 Å². The maximum Gasteiger partial charge on any atom is 0.141 e. The predicted molar refractivity (Wildman–Crippen MR) is 114 cm³/mol. The summed E-state index contributed by atoms with van der Waals surface area (Å²) in [6.45, 7) is 6.38. The molecule has 4 saturated carbocycles. The highest BCUT2D eigenvalue weighted by Crippen LogP contribution is 2.66. The van der Waals surface area contributed by atoms with Gasteiger partial charge >= 0.3 is 0 Å². The van der Waals surface area contributed by atoms with Crippen molar-refractivity contribution < 1.29 is 19.8 Å². The number of Topliss-reactive ketones (excluding diaryl/α,β-unsaturated/α-hetero) is 1. The number of rotatable bonds is 3. The second-order valence-electron chi connectivity index (χ2n) is 11.2. The third kappa shape index (κ3) is 3.01. The number of hydrogen-bond acceptors (Lipinski definition) is 6. The maximum absolute atomic E-state index is 12.7. The van der Waals surface area contributed by atoms with Crippen LogP contribution in [0.15, 0.2) is 5.16 Å². The first-order valence-corrected chi connectivity index (χ1v) is 12.1. The van der Waals surface area contributed by atoms with Crippen LogP contribution in [-0.2, 0) is 9.63 Å². The minimum atomic E-state index is -0.534. The molecule has 4 aliphatic carbocycles. The van der Waals surface area contributed by atoms with E-state index in [1.165, 1.54) is 0 Å². The van der Waals surface area contributed by atoms with E-state index in [4.69, 9.17) is 4.84 Å². The lowest BCUT2D eigenvalue weighted by atomic mass is 9.42. The lowest BCUT2D eigenvalue weighted by molar-refractivity contribution is -0.188. The number of hydrogen-bond donors (Lipinski definition) is 3. The molecule has 30 heavy (non-hydrogen) atoms. The Morgan fingerprint density at radius 2 is 1.97 bits per heavy atom. The average molecular weight is 419 g/mol. The normalized spacial score (nSPS) is 52.1. The van der Waals surface area contributed by atoms with Gasteiger partial charge < -0.3 is 20.4 Å². The van der Waals surface area contributed by atoms with Crippen molar-refractivity contribution in [3.63, 3.8) is 0 Å². The van der Waals surface area contributed by atoms with Gasteiger partial charge in [-0.1, -0.05) is 19.0 Å². The van der Waals surface area contributed by atoms with E-state index >= 15 is 0 Å². The van der Waals surface area contributed by atoms with Crippen LogP contribution >= 0.6 is 0 Å². The molecule has 5 fully saturated rings. The van der Waals surface area contributed by atoms with Gasteiger partial charge in [0, 0.05) is 37.3 Å². The standard InChI is InChI=1S/C24H38N2O4/c1-23-8-5-14(26-30-15-7-10-25-12-15)11-19(23)16(13-27)22(29)21-17-3-4-20(28)24(17,2)9-6-18(21)23/h15-19,21-22,25,27,29H,3-13H2,1-2H3/t15?,16-,17+,18+,19?,21+,22-,23-,24+/m1/s1. The van der Waals surface area contributed by atoms with E-state index in [1.807, 2.05) is 0 Å². The topological polar surface area (TPSA) is 91.2 Å². The summed E-state index contributed by atoms with van der Waals surface area (Å²) in [5.41, 5.74) is 0.902. The van der Waals surface area contributed by atoms with Crippen LogP contribution in [0.4, 0.5) is 0 Å². The minimum Gasteiger partial charge on any atom is -0.396 e. The molecule has 0 bridgehead atoms. The molecule has 0 aromatic carbocycles. The van der Waals surface area contributed by atoms with Crippen LogP contribution in [0.25, 0.3) is 0 Å². The van der Waals surface area contributed by atoms with Gasteiger partial charge in [0.15, 0.2) is 0 Å². The van der Waals surface area contributed by atoms with E-state index in [0.29, 0.717) is 18.1 Å². The summed E-state index contributed by atoms with van der Waals surface area (Å²) in [7, 11) is 0. The van der Waals surface area contributed by atoms with Crippen molar-refractivity contribution in [2.24, 2.45) is 45.6 Å². The molecule has 168 valence electrons. The van der Waals surface area contributed by atoms with Gasteiger partial charge in [0.2, 0.25) is 0 Å². The van der Waals surface area contributed by atoms with E-state index in [0.717, 1.165) is 63.7 Å². The Hall–Kier alpha value is -0.980. The van der Waals surface area contributed by atoms with Gasteiger partial charge in [-0.3, -0.25) is 4.79 Å². The van der Waals surface area contributed by atoms with Gasteiger partial charge in [0.25, 0.3) is 0 Å². The number of aliphatic hydroxyl groups is 2. The second-order valence-corrected chi connectivity index (χ2v) is 11.2. The van der Waals surface area contributed by atoms with Crippen molar-refractivity contribution in [2.45, 2.75) is 77.4 Å². The highest BCUT2D eigenvalue weighted by Gasteiger charge is 2.64. The highest BCUT2D eigenvalue weighted by atomic mass is 16.6. The van der Waals surface area contributed by atoms with Crippen LogP contribution < -0.4 is 5.32 Å². The smallest absolute Gasteiger partial charge is 0.141 e. The van der Waals surface area contributed by atoms with Crippen LogP contribution in [0.2, 0.25) is 0 Å². The number of carbonyl (C=O) groups is 1. The lowest BCUT2D eigenvalue weighted by Crippen LogP contribution is -2.62. The number of oxime groups is 1. The molecule has 1 heterocycles. The number of fused-ring (bicyclic) bond motifs is 5. The molecule has 6 nitrogen and oxygen atoms in total. The summed E-state index contributed by atoms with van der Waals surface area (Å²) >= 11 is 0. The molecule has 0 amide bonds. The molecular formula is C24H38N2O4. The summed E-state index contributed by atoms with van der Waals surface area (Å²) in [5, 5.41) is 29.7. The monoisotopic (exact) mass is 418 g/mol. The summed E-state index contributed by atoms with van der Waals surface area (Å²) in [4.78, 5) is 18.5. The van der Waals surface area contributed by atoms with Crippen LogP contribution in [0.5, 0.6) is 0 Å². The summed E-state index contributed by atoms with van der Waals surface area (Å²) in [6.07, 6.45) is 6.94. The first kappa shape index (κ1) is 20.9. The molecule has 1 aliphatic heterocycles. The molecule has 5 rings (SSSR count). The van der Waals surface area contributed by atoms with Gasteiger partial charge in [0.05, 0.1) is 11.8 Å². The minimum absolute atomic E-state index is 0.00268. The number of nitrogens with one attached hydrogen (secondary N) is 1. The number of carbonyl (C=O) groups excluding carboxylic acids is 1. The average Bonchev–Trinajstić information content (AvgIpc) is 3.36. The summed E-state index contributed by atoms with van der Waals surface area (Å²) in [5.74, 6) is 1.28. The Morgan fingerprint density at radius 1 is 1.13 bits per heavy atom. The van der Waals surface area contributed by atoms with E-state index < -0.39 is 6.10 Å². The van der Waals surface area contributed by atoms with Gasteiger partial charge in [-0.2, -0.15) is 0 Å². The van der Waals surface area contributed by atoms with E-state index in [2.05, 4.69) is 24.3 Å². The summed E-state index contributed by atoms with van der Waals surface area (Å²) < 4.78 is 0. The Bertz CT molecular complexity index is 720. The third-order valence-electron chi connectivity index (χ3n) is 10.1. The molecule has 0 aromatic heterocycles. The first-order chi connectivity index (χ1) is 14.4. The molecule has 1 saturated heterocycles. The zero-order chi connectivity index (χ0) is 21.1. The van der Waals surface area contributed by atoms with Crippen molar-refractivity contribution in [1.29, 1.82) is 0 Å².